The third-order valence-corrected chi connectivity index (χ3v) is 4.95. The lowest BCUT2D eigenvalue weighted by atomic mass is 9.99. The number of carboxylic acid groups (broad SMARTS) is 1. The fourth-order valence-corrected chi connectivity index (χ4v) is 3.78. The van der Waals surface area contributed by atoms with Crippen LogP contribution >= 0.6 is 0 Å². The summed E-state index contributed by atoms with van der Waals surface area (Å²) < 4.78 is 11.4. The average Bonchev–Trinajstić information content (AvgIpc) is 2.69. The predicted octanol–water partition coefficient (Wildman–Crippen LogP) is 1.82. The standard InChI is InChI=1S/C19H25N3O3.CH2O2/c1-2-25-16-11-13(12-22-6-8-24-9-7-22)10-15-17(16)18-14(19(23)21-15)4-3-5-20-18;2-1-3/h10-11,20H,2-9,12H2,1H3,(H,21,23);1H,(H,2,3). The number of fused-ring (bicyclic) bond motifs is 3. The second kappa shape index (κ2) is 9.57. The van der Waals surface area contributed by atoms with Crippen LogP contribution in [0.3, 0.4) is 0 Å². The van der Waals surface area contributed by atoms with Gasteiger partial charge < -0.3 is 24.9 Å². The molecule has 152 valence electrons. The van der Waals surface area contributed by atoms with Crippen molar-refractivity contribution in [2.75, 3.05) is 44.8 Å². The molecule has 8 heteroatoms. The third-order valence-electron chi connectivity index (χ3n) is 4.95. The normalized spacial score (nSPS) is 16.5. The number of aromatic amines is 1. The lowest BCUT2D eigenvalue weighted by Gasteiger charge is -2.27. The SMILES string of the molecule is CCOc1cc(CN2CCOCC2)cc2[nH]c(=O)c3c(c12)NCCC3.O=CO. The summed E-state index contributed by atoms with van der Waals surface area (Å²) in [5.74, 6) is 0.852. The van der Waals surface area contributed by atoms with E-state index in [2.05, 4.69) is 27.3 Å². The summed E-state index contributed by atoms with van der Waals surface area (Å²) in [6, 6.07) is 4.21. The molecule has 0 unspecified atom stereocenters. The molecule has 2 aromatic rings. The molecule has 1 aromatic carbocycles. The van der Waals surface area contributed by atoms with E-state index >= 15 is 0 Å². The minimum Gasteiger partial charge on any atom is -0.493 e. The van der Waals surface area contributed by atoms with Crippen molar-refractivity contribution >= 4 is 23.1 Å². The largest absolute Gasteiger partial charge is 0.493 e. The lowest BCUT2D eigenvalue weighted by Crippen LogP contribution is -2.35. The number of hydrogen-bond acceptors (Lipinski definition) is 6. The van der Waals surface area contributed by atoms with Gasteiger partial charge in [-0.3, -0.25) is 14.5 Å². The first-order valence-corrected chi connectivity index (χ1v) is 9.64. The van der Waals surface area contributed by atoms with Gasteiger partial charge in [0.2, 0.25) is 0 Å². The maximum absolute atomic E-state index is 12.5. The fourth-order valence-electron chi connectivity index (χ4n) is 3.78. The zero-order valence-corrected chi connectivity index (χ0v) is 16.1. The van der Waals surface area contributed by atoms with Crippen LogP contribution in [0.25, 0.3) is 10.9 Å². The number of carbonyl (C=O) groups is 1. The van der Waals surface area contributed by atoms with E-state index in [-0.39, 0.29) is 12.0 Å². The molecule has 3 heterocycles. The lowest BCUT2D eigenvalue weighted by molar-refractivity contribution is -0.122. The second-order valence-corrected chi connectivity index (χ2v) is 6.78. The summed E-state index contributed by atoms with van der Waals surface area (Å²) in [4.78, 5) is 26.3. The van der Waals surface area contributed by atoms with E-state index in [0.29, 0.717) is 6.61 Å². The highest BCUT2D eigenvalue weighted by Crippen LogP contribution is 2.36. The van der Waals surface area contributed by atoms with Crippen LogP contribution in [0.5, 0.6) is 5.75 Å². The second-order valence-electron chi connectivity index (χ2n) is 6.78. The molecule has 3 N–H and O–H groups in total. The Balaban J connectivity index is 0.000000706. The van der Waals surface area contributed by atoms with Crippen molar-refractivity contribution in [2.45, 2.75) is 26.3 Å². The number of rotatable bonds is 4. The van der Waals surface area contributed by atoms with Crippen LogP contribution in [0.15, 0.2) is 16.9 Å². The molecule has 0 saturated carbocycles. The summed E-state index contributed by atoms with van der Waals surface area (Å²) in [7, 11) is 0. The van der Waals surface area contributed by atoms with E-state index < -0.39 is 0 Å². The average molecular weight is 389 g/mol. The van der Waals surface area contributed by atoms with Crippen LogP contribution in [-0.4, -0.2) is 60.9 Å². The first-order valence-electron chi connectivity index (χ1n) is 9.64. The summed E-state index contributed by atoms with van der Waals surface area (Å²) in [6.07, 6.45) is 1.80. The Labute approximate surface area is 163 Å². The number of nitrogens with zero attached hydrogens (tertiary/aromatic N) is 1. The van der Waals surface area contributed by atoms with Crippen LogP contribution in [0.1, 0.15) is 24.5 Å². The van der Waals surface area contributed by atoms with E-state index in [1.165, 1.54) is 0 Å². The Kier molecular flexibility index (Phi) is 6.89. The Morgan fingerprint density at radius 2 is 2.07 bits per heavy atom. The van der Waals surface area contributed by atoms with Gasteiger partial charge in [-0.05, 0) is 37.5 Å². The number of morpholine rings is 1. The smallest absolute Gasteiger partial charge is 0.290 e. The molecule has 0 spiro atoms. The van der Waals surface area contributed by atoms with E-state index in [1.807, 2.05) is 6.92 Å². The number of benzene rings is 1. The molecular formula is C20H27N3O5. The van der Waals surface area contributed by atoms with Crippen molar-refractivity contribution in [2.24, 2.45) is 0 Å². The Bertz CT molecular complexity index is 874. The number of nitrogens with one attached hydrogen (secondary N) is 2. The maximum Gasteiger partial charge on any atom is 0.290 e. The molecule has 0 aliphatic carbocycles. The molecule has 2 aliphatic rings. The molecule has 8 nitrogen and oxygen atoms in total. The zero-order chi connectivity index (χ0) is 19.9. The van der Waals surface area contributed by atoms with Crippen molar-refractivity contribution < 1.29 is 19.4 Å². The number of aromatic nitrogens is 1. The maximum atomic E-state index is 12.5. The number of pyridine rings is 1. The predicted molar refractivity (Wildman–Crippen MR) is 107 cm³/mol. The van der Waals surface area contributed by atoms with E-state index in [9.17, 15) is 4.79 Å². The van der Waals surface area contributed by atoms with Crippen molar-refractivity contribution in [1.82, 2.24) is 9.88 Å². The monoisotopic (exact) mass is 389 g/mol. The topological polar surface area (TPSA) is 104 Å². The molecular weight excluding hydrogens is 362 g/mol. The molecule has 1 fully saturated rings. The molecule has 4 rings (SSSR count). The van der Waals surface area contributed by atoms with Gasteiger partial charge in [0.1, 0.15) is 5.75 Å². The molecule has 1 aromatic heterocycles. The molecule has 0 amide bonds. The highest BCUT2D eigenvalue weighted by Gasteiger charge is 2.20. The molecule has 28 heavy (non-hydrogen) atoms. The van der Waals surface area contributed by atoms with E-state index in [0.717, 1.165) is 85.7 Å². The molecule has 0 radical (unpaired) electrons. The summed E-state index contributed by atoms with van der Waals surface area (Å²) in [6.45, 7) is 7.50. The van der Waals surface area contributed by atoms with Crippen molar-refractivity contribution in [3.05, 3.63) is 33.6 Å². The summed E-state index contributed by atoms with van der Waals surface area (Å²) in [5.41, 5.74) is 3.82. The van der Waals surface area contributed by atoms with Crippen LogP contribution in [0.2, 0.25) is 0 Å². The highest BCUT2D eigenvalue weighted by atomic mass is 16.5. The Morgan fingerprint density at radius 1 is 1.32 bits per heavy atom. The Hall–Kier alpha value is -2.58. The van der Waals surface area contributed by atoms with Gasteiger partial charge in [-0.15, -0.1) is 0 Å². The first kappa shape index (κ1) is 20.2. The molecule has 0 bridgehead atoms. The number of ether oxygens (including phenoxy) is 2. The van der Waals surface area contributed by atoms with Gasteiger partial charge in [0, 0.05) is 31.7 Å². The van der Waals surface area contributed by atoms with Gasteiger partial charge in [0.25, 0.3) is 12.0 Å². The number of hydrogen-bond donors (Lipinski definition) is 3. The minimum absolute atomic E-state index is 0.0145. The fraction of sp³-hybridized carbons (Fsp3) is 0.500. The van der Waals surface area contributed by atoms with Gasteiger partial charge in [-0.25, -0.2) is 0 Å². The minimum atomic E-state index is -0.250. The summed E-state index contributed by atoms with van der Waals surface area (Å²) >= 11 is 0. The van der Waals surface area contributed by atoms with Gasteiger partial charge in [-0.1, -0.05) is 0 Å². The van der Waals surface area contributed by atoms with E-state index in [4.69, 9.17) is 19.4 Å². The van der Waals surface area contributed by atoms with Crippen LogP contribution in [0.4, 0.5) is 5.69 Å². The van der Waals surface area contributed by atoms with Gasteiger partial charge >= 0.3 is 0 Å². The van der Waals surface area contributed by atoms with Crippen LogP contribution < -0.4 is 15.6 Å². The Morgan fingerprint density at radius 3 is 2.79 bits per heavy atom. The van der Waals surface area contributed by atoms with Crippen molar-refractivity contribution in [3.8, 4) is 5.75 Å². The van der Waals surface area contributed by atoms with Gasteiger partial charge in [-0.2, -0.15) is 0 Å². The third kappa shape index (κ3) is 4.45. The van der Waals surface area contributed by atoms with Gasteiger partial charge in [0.05, 0.1) is 36.4 Å². The highest BCUT2D eigenvalue weighted by molar-refractivity contribution is 5.98. The van der Waals surface area contributed by atoms with E-state index in [1.54, 1.807) is 0 Å². The zero-order valence-electron chi connectivity index (χ0n) is 16.1. The molecule has 0 atom stereocenters. The quantitative estimate of drug-likeness (QED) is 0.685. The van der Waals surface area contributed by atoms with Crippen LogP contribution in [-0.2, 0) is 22.5 Å². The van der Waals surface area contributed by atoms with Crippen LogP contribution in [0, 0.1) is 0 Å². The van der Waals surface area contributed by atoms with Crippen molar-refractivity contribution in [3.63, 3.8) is 0 Å². The van der Waals surface area contributed by atoms with Crippen molar-refractivity contribution in [1.29, 1.82) is 0 Å². The molecule has 1 saturated heterocycles. The number of anilines is 1. The number of H-pyrrole nitrogens is 1. The molecule has 2 aliphatic heterocycles. The van der Waals surface area contributed by atoms with Gasteiger partial charge in [0.15, 0.2) is 0 Å². The summed E-state index contributed by atoms with van der Waals surface area (Å²) in [5, 5.41) is 11.3. The first-order chi connectivity index (χ1) is 13.7.